The van der Waals surface area contributed by atoms with Crippen LogP contribution in [-0.2, 0) is 4.74 Å². The average Bonchev–Trinajstić information content (AvgIpc) is 2.32. The standard InChI is InChI=1S/C14H21NO/c1-11-3-6-13(7-4-11)14-8-5-12(9-15-14)10-16-2/h3-4,6-7,12,14-15H,5,8-10H2,1-2H3. The third-order valence-electron chi connectivity index (χ3n) is 3.40. The first kappa shape index (κ1) is 11.6. The van der Waals surface area contributed by atoms with Crippen LogP contribution in [0, 0.1) is 12.8 Å². The summed E-state index contributed by atoms with van der Waals surface area (Å²) in [4.78, 5) is 0. The summed E-state index contributed by atoms with van der Waals surface area (Å²) in [6, 6.07) is 9.40. The molecular weight excluding hydrogens is 198 g/mol. The minimum absolute atomic E-state index is 0.536. The number of ether oxygens (including phenoxy) is 1. The Bertz CT molecular complexity index is 312. The molecule has 1 aromatic rings. The number of aryl methyl sites for hydroxylation is 1. The molecule has 0 radical (unpaired) electrons. The van der Waals surface area contributed by atoms with Gasteiger partial charge < -0.3 is 10.1 Å². The molecule has 2 heteroatoms. The van der Waals surface area contributed by atoms with Gasteiger partial charge in [0.25, 0.3) is 0 Å². The van der Waals surface area contributed by atoms with Gasteiger partial charge in [0.05, 0.1) is 6.61 Å². The molecule has 1 N–H and O–H groups in total. The van der Waals surface area contributed by atoms with Gasteiger partial charge in [0.2, 0.25) is 0 Å². The van der Waals surface area contributed by atoms with Crippen molar-refractivity contribution in [1.82, 2.24) is 5.32 Å². The fourth-order valence-corrected chi connectivity index (χ4v) is 2.38. The predicted molar refractivity (Wildman–Crippen MR) is 66.5 cm³/mol. The van der Waals surface area contributed by atoms with Crippen molar-refractivity contribution in [3.05, 3.63) is 35.4 Å². The van der Waals surface area contributed by atoms with E-state index in [4.69, 9.17) is 4.74 Å². The average molecular weight is 219 g/mol. The minimum Gasteiger partial charge on any atom is -0.384 e. The third kappa shape index (κ3) is 2.83. The van der Waals surface area contributed by atoms with Gasteiger partial charge >= 0.3 is 0 Å². The van der Waals surface area contributed by atoms with E-state index in [0.29, 0.717) is 12.0 Å². The second kappa shape index (κ2) is 5.46. The van der Waals surface area contributed by atoms with Crippen LogP contribution in [0.2, 0.25) is 0 Å². The predicted octanol–water partition coefficient (Wildman–Crippen LogP) is 2.68. The Balaban J connectivity index is 1.91. The molecule has 2 rings (SSSR count). The summed E-state index contributed by atoms with van der Waals surface area (Å²) in [6.45, 7) is 4.09. The van der Waals surface area contributed by atoms with Crippen molar-refractivity contribution in [2.75, 3.05) is 20.3 Å². The fourth-order valence-electron chi connectivity index (χ4n) is 2.38. The van der Waals surface area contributed by atoms with Gasteiger partial charge in [-0.2, -0.15) is 0 Å². The largest absolute Gasteiger partial charge is 0.384 e. The maximum atomic E-state index is 5.20. The van der Waals surface area contributed by atoms with E-state index >= 15 is 0 Å². The van der Waals surface area contributed by atoms with Crippen LogP contribution in [0.15, 0.2) is 24.3 Å². The second-order valence-corrected chi connectivity index (χ2v) is 4.77. The molecule has 2 unspecified atom stereocenters. The molecule has 0 amide bonds. The van der Waals surface area contributed by atoms with Crippen LogP contribution in [0.25, 0.3) is 0 Å². The number of rotatable bonds is 3. The Morgan fingerprint density at radius 1 is 1.25 bits per heavy atom. The molecule has 1 aromatic carbocycles. The minimum atomic E-state index is 0.536. The van der Waals surface area contributed by atoms with Gasteiger partial charge in [-0.3, -0.25) is 0 Å². The third-order valence-corrected chi connectivity index (χ3v) is 3.40. The molecule has 2 nitrogen and oxygen atoms in total. The van der Waals surface area contributed by atoms with Crippen LogP contribution >= 0.6 is 0 Å². The zero-order valence-electron chi connectivity index (χ0n) is 10.2. The van der Waals surface area contributed by atoms with Crippen LogP contribution in [0.5, 0.6) is 0 Å². The van der Waals surface area contributed by atoms with E-state index in [1.807, 2.05) is 0 Å². The van der Waals surface area contributed by atoms with Gasteiger partial charge in [-0.1, -0.05) is 29.8 Å². The molecule has 2 atom stereocenters. The smallest absolute Gasteiger partial charge is 0.0502 e. The molecule has 0 aliphatic carbocycles. The van der Waals surface area contributed by atoms with Gasteiger partial charge in [0, 0.05) is 19.7 Å². The monoisotopic (exact) mass is 219 g/mol. The molecule has 0 saturated carbocycles. The molecule has 1 aliphatic heterocycles. The van der Waals surface area contributed by atoms with E-state index in [9.17, 15) is 0 Å². The lowest BCUT2D eigenvalue weighted by atomic mass is 9.91. The van der Waals surface area contributed by atoms with Gasteiger partial charge in [-0.15, -0.1) is 0 Å². The van der Waals surface area contributed by atoms with Gasteiger partial charge in [0.15, 0.2) is 0 Å². The number of benzene rings is 1. The first-order chi connectivity index (χ1) is 7.79. The van der Waals surface area contributed by atoms with Crippen molar-refractivity contribution in [3.63, 3.8) is 0 Å². The molecule has 0 aromatic heterocycles. The lowest BCUT2D eigenvalue weighted by Gasteiger charge is -2.29. The molecule has 0 spiro atoms. The molecule has 1 aliphatic rings. The lowest BCUT2D eigenvalue weighted by molar-refractivity contribution is 0.129. The zero-order chi connectivity index (χ0) is 11.4. The normalized spacial score (nSPS) is 25.6. The van der Waals surface area contributed by atoms with Crippen molar-refractivity contribution in [1.29, 1.82) is 0 Å². The SMILES string of the molecule is COCC1CCC(c2ccc(C)cc2)NC1. The number of hydrogen-bond acceptors (Lipinski definition) is 2. The first-order valence-electron chi connectivity index (χ1n) is 6.08. The molecule has 88 valence electrons. The van der Waals surface area contributed by atoms with Crippen LogP contribution in [0.3, 0.4) is 0 Å². The lowest BCUT2D eigenvalue weighted by Crippen LogP contribution is -2.35. The maximum absolute atomic E-state index is 5.20. The molecule has 1 fully saturated rings. The van der Waals surface area contributed by atoms with E-state index in [0.717, 1.165) is 13.2 Å². The van der Waals surface area contributed by atoms with E-state index < -0.39 is 0 Å². The molecule has 1 saturated heterocycles. The summed E-state index contributed by atoms with van der Waals surface area (Å²) in [5.41, 5.74) is 2.75. The summed E-state index contributed by atoms with van der Waals surface area (Å²) >= 11 is 0. The van der Waals surface area contributed by atoms with Gasteiger partial charge in [-0.25, -0.2) is 0 Å². The Kier molecular flexibility index (Phi) is 3.97. The van der Waals surface area contributed by atoms with Crippen molar-refractivity contribution >= 4 is 0 Å². The zero-order valence-corrected chi connectivity index (χ0v) is 10.2. The van der Waals surface area contributed by atoms with Crippen molar-refractivity contribution < 1.29 is 4.74 Å². The summed E-state index contributed by atoms with van der Waals surface area (Å²) < 4.78 is 5.20. The van der Waals surface area contributed by atoms with Gasteiger partial charge in [0.1, 0.15) is 0 Å². The van der Waals surface area contributed by atoms with E-state index in [-0.39, 0.29) is 0 Å². The molecular formula is C14H21NO. The fraction of sp³-hybridized carbons (Fsp3) is 0.571. The number of piperidine rings is 1. The van der Waals surface area contributed by atoms with Crippen LogP contribution in [0.4, 0.5) is 0 Å². The quantitative estimate of drug-likeness (QED) is 0.844. The highest BCUT2D eigenvalue weighted by molar-refractivity contribution is 5.24. The number of methoxy groups -OCH3 is 1. The highest BCUT2D eigenvalue weighted by Gasteiger charge is 2.21. The summed E-state index contributed by atoms with van der Waals surface area (Å²) in [5, 5.41) is 3.61. The van der Waals surface area contributed by atoms with Crippen molar-refractivity contribution in [3.8, 4) is 0 Å². The molecule has 16 heavy (non-hydrogen) atoms. The number of hydrogen-bond donors (Lipinski definition) is 1. The Labute approximate surface area is 98.0 Å². The number of nitrogens with one attached hydrogen (secondary N) is 1. The van der Waals surface area contributed by atoms with E-state index in [2.05, 4.69) is 36.5 Å². The summed E-state index contributed by atoms with van der Waals surface area (Å²) in [7, 11) is 1.78. The highest BCUT2D eigenvalue weighted by atomic mass is 16.5. The molecule has 1 heterocycles. The van der Waals surface area contributed by atoms with Gasteiger partial charge in [-0.05, 0) is 31.2 Å². The summed E-state index contributed by atoms with van der Waals surface area (Å²) in [6.07, 6.45) is 2.48. The highest BCUT2D eigenvalue weighted by Crippen LogP contribution is 2.25. The molecule has 0 bridgehead atoms. The van der Waals surface area contributed by atoms with E-state index in [1.54, 1.807) is 7.11 Å². The Morgan fingerprint density at radius 3 is 2.56 bits per heavy atom. The van der Waals surface area contributed by atoms with E-state index in [1.165, 1.54) is 24.0 Å². The van der Waals surface area contributed by atoms with Crippen molar-refractivity contribution in [2.45, 2.75) is 25.8 Å². The van der Waals surface area contributed by atoms with Crippen LogP contribution in [-0.4, -0.2) is 20.3 Å². The topological polar surface area (TPSA) is 21.3 Å². The Morgan fingerprint density at radius 2 is 2.00 bits per heavy atom. The first-order valence-corrected chi connectivity index (χ1v) is 6.08. The summed E-state index contributed by atoms with van der Waals surface area (Å²) in [5.74, 6) is 0.687. The van der Waals surface area contributed by atoms with Crippen molar-refractivity contribution in [2.24, 2.45) is 5.92 Å². The van der Waals surface area contributed by atoms with Crippen LogP contribution in [0.1, 0.15) is 30.0 Å². The second-order valence-electron chi connectivity index (χ2n) is 4.77. The van der Waals surface area contributed by atoms with Crippen LogP contribution < -0.4 is 5.32 Å². The Hall–Kier alpha value is -0.860. The maximum Gasteiger partial charge on any atom is 0.0502 e.